The van der Waals surface area contributed by atoms with Crippen molar-refractivity contribution in [3.05, 3.63) is 59.7 Å². The molecule has 130 valence electrons. The Kier molecular flexibility index (Phi) is 4.88. The zero-order chi connectivity index (χ0) is 17.8. The van der Waals surface area contributed by atoms with Gasteiger partial charge in [-0.05, 0) is 42.7 Å². The zero-order valence-corrected chi connectivity index (χ0v) is 14.2. The van der Waals surface area contributed by atoms with Gasteiger partial charge in [0.25, 0.3) is 0 Å². The van der Waals surface area contributed by atoms with Gasteiger partial charge >= 0.3 is 6.03 Å². The van der Waals surface area contributed by atoms with Crippen LogP contribution in [0.5, 0.6) is 0 Å². The molecule has 0 unspecified atom stereocenters. The molecule has 0 radical (unpaired) electrons. The standard InChI is InChI=1S/C19H22N4O2/c1-13(21-19(20)25)18(24)22-16-8-6-14(7-9-16)12-23-11-10-15-4-2-3-5-17(15)23/h2-9,13H,10-12H2,1H3,(H,22,24)(H3,20,21,25)/t13-/m0/s1. The number of amides is 3. The van der Waals surface area contributed by atoms with Gasteiger partial charge in [0.2, 0.25) is 5.91 Å². The first kappa shape index (κ1) is 16.8. The summed E-state index contributed by atoms with van der Waals surface area (Å²) in [5, 5.41) is 5.11. The lowest BCUT2D eigenvalue weighted by atomic mass is 10.1. The largest absolute Gasteiger partial charge is 0.367 e. The maximum Gasteiger partial charge on any atom is 0.312 e. The molecule has 6 nitrogen and oxygen atoms in total. The smallest absolute Gasteiger partial charge is 0.312 e. The topological polar surface area (TPSA) is 87.5 Å². The Morgan fingerprint density at radius 3 is 2.60 bits per heavy atom. The minimum absolute atomic E-state index is 0.306. The van der Waals surface area contributed by atoms with Gasteiger partial charge in [0, 0.05) is 24.5 Å². The lowest BCUT2D eigenvalue weighted by Crippen LogP contribution is -2.44. The fourth-order valence-electron chi connectivity index (χ4n) is 3.01. The molecule has 0 bridgehead atoms. The quantitative estimate of drug-likeness (QED) is 0.781. The maximum atomic E-state index is 12.0. The molecule has 1 aliphatic heterocycles. The van der Waals surface area contributed by atoms with Crippen LogP contribution in [0.2, 0.25) is 0 Å². The van der Waals surface area contributed by atoms with Gasteiger partial charge in [0.05, 0.1) is 0 Å². The number of hydrogen-bond donors (Lipinski definition) is 3. The number of carbonyl (C=O) groups excluding carboxylic acids is 2. The number of nitrogens with two attached hydrogens (primary N) is 1. The molecule has 3 rings (SSSR count). The highest BCUT2D eigenvalue weighted by atomic mass is 16.2. The van der Waals surface area contributed by atoms with Crippen LogP contribution in [-0.2, 0) is 17.8 Å². The van der Waals surface area contributed by atoms with Gasteiger partial charge in [-0.3, -0.25) is 4.79 Å². The normalized spacial score (nSPS) is 13.9. The van der Waals surface area contributed by atoms with E-state index >= 15 is 0 Å². The predicted molar refractivity (Wildman–Crippen MR) is 98.4 cm³/mol. The third-order valence-corrected chi connectivity index (χ3v) is 4.33. The third-order valence-electron chi connectivity index (χ3n) is 4.33. The van der Waals surface area contributed by atoms with E-state index in [9.17, 15) is 9.59 Å². The third kappa shape index (κ3) is 4.09. The Hall–Kier alpha value is -3.02. The molecule has 0 aromatic heterocycles. The van der Waals surface area contributed by atoms with Gasteiger partial charge in [-0.1, -0.05) is 30.3 Å². The number of carbonyl (C=O) groups is 2. The van der Waals surface area contributed by atoms with Crippen molar-refractivity contribution < 1.29 is 9.59 Å². The first-order valence-corrected chi connectivity index (χ1v) is 8.31. The molecule has 4 N–H and O–H groups in total. The van der Waals surface area contributed by atoms with Crippen molar-refractivity contribution >= 4 is 23.3 Å². The van der Waals surface area contributed by atoms with Crippen LogP contribution in [0.15, 0.2) is 48.5 Å². The van der Waals surface area contributed by atoms with E-state index in [1.807, 2.05) is 24.3 Å². The average molecular weight is 338 g/mol. The Balaban J connectivity index is 1.60. The highest BCUT2D eigenvalue weighted by Crippen LogP contribution is 2.28. The Bertz CT molecular complexity index is 773. The average Bonchev–Trinajstić information content (AvgIpc) is 2.99. The van der Waals surface area contributed by atoms with Crippen molar-refractivity contribution in [1.82, 2.24) is 5.32 Å². The first-order valence-electron chi connectivity index (χ1n) is 8.31. The lowest BCUT2D eigenvalue weighted by Gasteiger charge is -2.19. The Morgan fingerprint density at radius 2 is 1.88 bits per heavy atom. The van der Waals surface area contributed by atoms with Crippen LogP contribution >= 0.6 is 0 Å². The maximum absolute atomic E-state index is 12.0. The number of fused-ring (bicyclic) bond motifs is 1. The molecule has 2 aromatic carbocycles. The molecule has 0 fully saturated rings. The van der Waals surface area contributed by atoms with E-state index in [0.717, 1.165) is 19.5 Å². The number of nitrogens with one attached hydrogen (secondary N) is 2. The summed E-state index contributed by atoms with van der Waals surface area (Å²) in [4.78, 5) is 25.1. The number of benzene rings is 2. The zero-order valence-electron chi connectivity index (χ0n) is 14.2. The summed E-state index contributed by atoms with van der Waals surface area (Å²) in [6, 6.07) is 14.8. The number of primary amides is 1. The summed E-state index contributed by atoms with van der Waals surface area (Å²) >= 11 is 0. The van der Waals surface area contributed by atoms with Crippen molar-refractivity contribution in [3.8, 4) is 0 Å². The summed E-state index contributed by atoms with van der Waals surface area (Å²) in [6.07, 6.45) is 1.08. The van der Waals surface area contributed by atoms with E-state index in [0.29, 0.717) is 5.69 Å². The number of urea groups is 1. The van der Waals surface area contributed by atoms with Crippen LogP contribution in [-0.4, -0.2) is 24.5 Å². The van der Waals surface area contributed by atoms with Gasteiger partial charge in [-0.2, -0.15) is 0 Å². The van der Waals surface area contributed by atoms with Gasteiger partial charge in [0.1, 0.15) is 6.04 Å². The Labute approximate surface area is 147 Å². The number of nitrogens with zero attached hydrogens (tertiary/aromatic N) is 1. The van der Waals surface area contributed by atoms with Gasteiger partial charge in [0.15, 0.2) is 0 Å². The molecule has 1 heterocycles. The first-order chi connectivity index (χ1) is 12.0. The number of rotatable bonds is 5. The van der Waals surface area contributed by atoms with Crippen LogP contribution in [0.25, 0.3) is 0 Å². The van der Waals surface area contributed by atoms with Crippen molar-refractivity contribution in [2.45, 2.75) is 25.9 Å². The number of anilines is 2. The van der Waals surface area contributed by atoms with Crippen molar-refractivity contribution in [1.29, 1.82) is 0 Å². The summed E-state index contributed by atoms with van der Waals surface area (Å²) in [5.41, 5.74) is 9.58. The van der Waals surface area contributed by atoms with E-state index in [4.69, 9.17) is 5.73 Å². The molecule has 1 atom stereocenters. The molecule has 2 aromatic rings. The molecule has 0 spiro atoms. The van der Waals surface area contributed by atoms with Crippen LogP contribution in [0.4, 0.5) is 16.2 Å². The monoisotopic (exact) mass is 338 g/mol. The summed E-state index contributed by atoms with van der Waals surface area (Å²) in [7, 11) is 0. The molecule has 0 saturated heterocycles. The van der Waals surface area contributed by atoms with Gasteiger partial charge in [-0.15, -0.1) is 0 Å². The van der Waals surface area contributed by atoms with Gasteiger partial charge in [-0.25, -0.2) is 4.79 Å². The summed E-state index contributed by atoms with van der Waals surface area (Å²) < 4.78 is 0. The Morgan fingerprint density at radius 1 is 1.16 bits per heavy atom. The minimum Gasteiger partial charge on any atom is -0.367 e. The van der Waals surface area contributed by atoms with E-state index < -0.39 is 12.1 Å². The molecular formula is C19H22N4O2. The molecule has 0 saturated carbocycles. The summed E-state index contributed by atoms with van der Waals surface area (Å²) in [6.45, 7) is 3.44. The highest BCUT2D eigenvalue weighted by molar-refractivity contribution is 5.96. The molecule has 0 aliphatic carbocycles. The highest BCUT2D eigenvalue weighted by Gasteiger charge is 2.18. The lowest BCUT2D eigenvalue weighted by molar-refractivity contribution is -0.117. The SMILES string of the molecule is C[C@H](NC(N)=O)C(=O)Nc1ccc(CN2CCc3ccccc32)cc1. The van der Waals surface area contributed by atoms with Gasteiger partial charge < -0.3 is 21.3 Å². The predicted octanol–water partition coefficient (Wildman–Crippen LogP) is 2.24. The second-order valence-electron chi connectivity index (χ2n) is 6.22. The number of hydrogen-bond acceptors (Lipinski definition) is 3. The molecule has 1 aliphatic rings. The van der Waals surface area contributed by atoms with E-state index in [2.05, 4.69) is 39.8 Å². The molecule has 25 heavy (non-hydrogen) atoms. The van der Waals surface area contributed by atoms with E-state index in [1.54, 1.807) is 6.92 Å². The van der Waals surface area contributed by atoms with Crippen LogP contribution in [0.3, 0.4) is 0 Å². The van der Waals surface area contributed by atoms with E-state index in [-0.39, 0.29) is 5.91 Å². The van der Waals surface area contributed by atoms with Crippen molar-refractivity contribution in [2.24, 2.45) is 5.73 Å². The fraction of sp³-hybridized carbons (Fsp3) is 0.263. The second-order valence-corrected chi connectivity index (χ2v) is 6.22. The van der Waals surface area contributed by atoms with E-state index in [1.165, 1.54) is 16.8 Å². The second kappa shape index (κ2) is 7.25. The van der Waals surface area contributed by atoms with Crippen LogP contribution in [0, 0.1) is 0 Å². The summed E-state index contributed by atoms with van der Waals surface area (Å²) in [5.74, 6) is -0.306. The molecular weight excluding hydrogens is 316 g/mol. The van der Waals surface area contributed by atoms with Crippen molar-refractivity contribution in [2.75, 3.05) is 16.8 Å². The molecule has 6 heteroatoms. The van der Waals surface area contributed by atoms with Crippen LogP contribution < -0.4 is 21.3 Å². The van der Waals surface area contributed by atoms with Crippen LogP contribution in [0.1, 0.15) is 18.1 Å². The number of para-hydroxylation sites is 1. The molecule has 3 amide bonds. The minimum atomic E-state index is -0.719. The fourth-order valence-corrected chi connectivity index (χ4v) is 3.01. The van der Waals surface area contributed by atoms with Crippen molar-refractivity contribution in [3.63, 3.8) is 0 Å².